The molecule has 2 aliphatic heterocycles. The SMILES string of the molecule is NC(CC(=O)O)C1CC2CCC1O2. The van der Waals surface area contributed by atoms with Crippen LogP contribution in [0.4, 0.5) is 0 Å². The van der Waals surface area contributed by atoms with Crippen LogP contribution >= 0.6 is 0 Å². The van der Waals surface area contributed by atoms with E-state index in [4.69, 9.17) is 15.6 Å². The van der Waals surface area contributed by atoms with E-state index in [2.05, 4.69) is 0 Å². The van der Waals surface area contributed by atoms with Crippen molar-refractivity contribution in [1.29, 1.82) is 0 Å². The number of fused-ring (bicyclic) bond motifs is 2. The van der Waals surface area contributed by atoms with Gasteiger partial charge in [0.05, 0.1) is 18.6 Å². The summed E-state index contributed by atoms with van der Waals surface area (Å²) in [6, 6.07) is -0.229. The zero-order valence-electron chi connectivity index (χ0n) is 7.48. The fourth-order valence-corrected chi connectivity index (χ4v) is 2.48. The fourth-order valence-electron chi connectivity index (χ4n) is 2.48. The first-order valence-electron chi connectivity index (χ1n) is 4.79. The molecule has 0 aromatic rings. The molecule has 13 heavy (non-hydrogen) atoms. The number of carbonyl (C=O) groups is 1. The van der Waals surface area contributed by atoms with Crippen LogP contribution in [0.5, 0.6) is 0 Å². The highest BCUT2D eigenvalue weighted by molar-refractivity contribution is 5.67. The molecule has 74 valence electrons. The van der Waals surface area contributed by atoms with Crippen LogP contribution in [0.1, 0.15) is 25.7 Å². The molecule has 4 unspecified atom stereocenters. The zero-order valence-corrected chi connectivity index (χ0v) is 7.48. The molecule has 0 radical (unpaired) electrons. The molecule has 0 amide bonds. The minimum absolute atomic E-state index is 0.0667. The number of nitrogens with two attached hydrogens (primary N) is 1. The average molecular weight is 185 g/mol. The molecule has 3 N–H and O–H groups in total. The van der Waals surface area contributed by atoms with E-state index in [0.717, 1.165) is 19.3 Å². The molecule has 2 bridgehead atoms. The first-order valence-corrected chi connectivity index (χ1v) is 4.79. The topological polar surface area (TPSA) is 72.6 Å². The van der Waals surface area contributed by atoms with Crippen LogP contribution in [-0.4, -0.2) is 29.3 Å². The third kappa shape index (κ3) is 1.69. The Hall–Kier alpha value is -0.610. The number of carboxylic acid groups (broad SMARTS) is 1. The quantitative estimate of drug-likeness (QED) is 0.665. The van der Waals surface area contributed by atoms with Gasteiger partial charge in [-0.1, -0.05) is 0 Å². The molecule has 4 atom stereocenters. The predicted molar refractivity (Wildman–Crippen MR) is 46.2 cm³/mol. The summed E-state index contributed by atoms with van der Waals surface area (Å²) in [5.74, 6) is -0.537. The van der Waals surface area contributed by atoms with E-state index < -0.39 is 5.97 Å². The molecule has 0 aromatic carbocycles. The lowest BCUT2D eigenvalue weighted by atomic mass is 9.83. The molecular formula is C9H15NO3. The average Bonchev–Trinajstić information content (AvgIpc) is 2.62. The predicted octanol–water partition coefficient (Wildman–Crippen LogP) is 0.356. The van der Waals surface area contributed by atoms with Crippen molar-refractivity contribution >= 4 is 5.97 Å². The summed E-state index contributed by atoms with van der Waals surface area (Å²) in [5, 5.41) is 8.59. The van der Waals surface area contributed by atoms with E-state index in [9.17, 15) is 4.79 Å². The van der Waals surface area contributed by atoms with E-state index in [1.54, 1.807) is 0 Å². The highest BCUT2D eigenvalue weighted by atomic mass is 16.5. The van der Waals surface area contributed by atoms with E-state index in [-0.39, 0.29) is 24.5 Å². The third-order valence-corrected chi connectivity index (χ3v) is 3.11. The lowest BCUT2D eigenvalue weighted by Crippen LogP contribution is -2.37. The number of rotatable bonds is 3. The van der Waals surface area contributed by atoms with Gasteiger partial charge in [0, 0.05) is 12.0 Å². The van der Waals surface area contributed by atoms with Crippen molar-refractivity contribution in [1.82, 2.24) is 0 Å². The summed E-state index contributed by atoms with van der Waals surface area (Å²) >= 11 is 0. The highest BCUT2D eigenvalue weighted by Crippen LogP contribution is 2.40. The van der Waals surface area contributed by atoms with Crippen LogP contribution in [0, 0.1) is 5.92 Å². The van der Waals surface area contributed by atoms with Crippen molar-refractivity contribution in [2.45, 2.75) is 43.9 Å². The zero-order chi connectivity index (χ0) is 9.42. The summed E-state index contributed by atoms with van der Waals surface area (Å²) in [6.07, 6.45) is 3.80. The Kier molecular flexibility index (Phi) is 2.26. The molecule has 0 aliphatic carbocycles. The monoisotopic (exact) mass is 185 g/mol. The summed E-state index contributed by atoms with van der Waals surface area (Å²) in [7, 11) is 0. The van der Waals surface area contributed by atoms with Gasteiger partial charge in [-0.3, -0.25) is 4.79 Å². The summed E-state index contributed by atoms with van der Waals surface area (Å²) in [5.41, 5.74) is 5.81. The van der Waals surface area contributed by atoms with E-state index in [0.29, 0.717) is 6.10 Å². The van der Waals surface area contributed by atoms with E-state index in [1.165, 1.54) is 0 Å². The van der Waals surface area contributed by atoms with Crippen LogP contribution in [0.25, 0.3) is 0 Å². The van der Waals surface area contributed by atoms with E-state index >= 15 is 0 Å². The molecule has 4 heteroatoms. The van der Waals surface area contributed by atoms with Crippen LogP contribution in [0.3, 0.4) is 0 Å². The maximum absolute atomic E-state index is 10.5. The summed E-state index contributed by atoms with van der Waals surface area (Å²) in [6.45, 7) is 0. The minimum Gasteiger partial charge on any atom is -0.481 e. The Balaban J connectivity index is 1.91. The van der Waals surface area contributed by atoms with Crippen LogP contribution < -0.4 is 5.73 Å². The highest BCUT2D eigenvalue weighted by Gasteiger charge is 2.43. The van der Waals surface area contributed by atoms with Gasteiger partial charge in [0.2, 0.25) is 0 Å². The normalized spacial score (nSPS) is 39.3. The second kappa shape index (κ2) is 3.27. The number of hydrogen-bond donors (Lipinski definition) is 2. The third-order valence-electron chi connectivity index (χ3n) is 3.11. The van der Waals surface area contributed by atoms with Crippen molar-refractivity contribution in [3.63, 3.8) is 0 Å². The van der Waals surface area contributed by atoms with Gasteiger partial charge in [-0.2, -0.15) is 0 Å². The Morgan fingerprint density at radius 2 is 2.38 bits per heavy atom. The molecule has 2 heterocycles. The van der Waals surface area contributed by atoms with Crippen LogP contribution in [-0.2, 0) is 9.53 Å². The minimum atomic E-state index is -0.810. The van der Waals surface area contributed by atoms with Gasteiger partial charge >= 0.3 is 5.97 Å². The fraction of sp³-hybridized carbons (Fsp3) is 0.889. The molecule has 4 nitrogen and oxygen atoms in total. The maximum Gasteiger partial charge on any atom is 0.304 e. The van der Waals surface area contributed by atoms with Gasteiger partial charge in [-0.15, -0.1) is 0 Å². The Morgan fingerprint density at radius 1 is 1.62 bits per heavy atom. The Morgan fingerprint density at radius 3 is 2.85 bits per heavy atom. The molecule has 2 fully saturated rings. The molecule has 2 aliphatic rings. The maximum atomic E-state index is 10.5. The molecular weight excluding hydrogens is 170 g/mol. The molecule has 0 saturated carbocycles. The standard InChI is InChI=1S/C9H15NO3/c10-7(4-9(11)12)6-3-5-1-2-8(6)13-5/h5-8H,1-4,10H2,(H,11,12). The second-order valence-electron chi connectivity index (χ2n) is 4.04. The Labute approximate surface area is 77.1 Å². The van der Waals surface area contributed by atoms with Gasteiger partial charge < -0.3 is 15.6 Å². The number of ether oxygens (including phenoxy) is 1. The summed E-state index contributed by atoms with van der Waals surface area (Å²) < 4.78 is 5.61. The summed E-state index contributed by atoms with van der Waals surface area (Å²) in [4.78, 5) is 10.5. The first-order chi connectivity index (χ1) is 6.16. The molecule has 2 saturated heterocycles. The molecule has 0 spiro atoms. The second-order valence-corrected chi connectivity index (χ2v) is 4.04. The van der Waals surface area contributed by atoms with Crippen molar-refractivity contribution in [2.75, 3.05) is 0 Å². The first kappa shape index (κ1) is 8.97. The Bertz CT molecular complexity index is 219. The number of hydrogen-bond acceptors (Lipinski definition) is 3. The van der Waals surface area contributed by atoms with Gasteiger partial charge in [0.15, 0.2) is 0 Å². The molecule has 2 rings (SSSR count). The van der Waals surface area contributed by atoms with Crippen molar-refractivity contribution in [3.05, 3.63) is 0 Å². The van der Waals surface area contributed by atoms with Gasteiger partial charge in [-0.05, 0) is 19.3 Å². The molecule has 0 aromatic heterocycles. The van der Waals surface area contributed by atoms with Crippen molar-refractivity contribution in [2.24, 2.45) is 11.7 Å². The largest absolute Gasteiger partial charge is 0.481 e. The van der Waals surface area contributed by atoms with E-state index in [1.807, 2.05) is 0 Å². The van der Waals surface area contributed by atoms with Crippen LogP contribution in [0.2, 0.25) is 0 Å². The van der Waals surface area contributed by atoms with Gasteiger partial charge in [0.25, 0.3) is 0 Å². The van der Waals surface area contributed by atoms with Gasteiger partial charge in [-0.25, -0.2) is 0 Å². The lowest BCUT2D eigenvalue weighted by Gasteiger charge is -2.23. The van der Waals surface area contributed by atoms with Crippen molar-refractivity contribution in [3.8, 4) is 0 Å². The van der Waals surface area contributed by atoms with Gasteiger partial charge in [0.1, 0.15) is 0 Å². The lowest BCUT2D eigenvalue weighted by molar-refractivity contribution is -0.137. The number of carboxylic acids is 1. The smallest absolute Gasteiger partial charge is 0.304 e. The van der Waals surface area contributed by atoms with Crippen LogP contribution in [0.15, 0.2) is 0 Å². The number of aliphatic carboxylic acids is 1. The van der Waals surface area contributed by atoms with Crippen molar-refractivity contribution < 1.29 is 14.6 Å².